The Morgan fingerprint density at radius 1 is 1.56 bits per heavy atom. The van der Waals surface area contributed by atoms with Crippen LogP contribution >= 0.6 is 0 Å². The summed E-state index contributed by atoms with van der Waals surface area (Å²) in [6.07, 6.45) is 4.55. The van der Waals surface area contributed by atoms with Crippen LogP contribution in [0.1, 0.15) is 24.2 Å². The number of rotatable bonds is 4. The van der Waals surface area contributed by atoms with Gasteiger partial charge in [0.2, 0.25) is 0 Å². The van der Waals surface area contributed by atoms with Gasteiger partial charge in [-0.15, -0.1) is 0 Å². The number of hydrogen-bond donors (Lipinski definition) is 2. The summed E-state index contributed by atoms with van der Waals surface area (Å²) < 4.78 is 5.59. The van der Waals surface area contributed by atoms with Crippen LogP contribution in [0.2, 0.25) is 0 Å². The zero-order valence-electron chi connectivity index (χ0n) is 10.6. The van der Waals surface area contributed by atoms with Gasteiger partial charge in [0.05, 0.1) is 11.6 Å². The molecule has 0 bridgehead atoms. The summed E-state index contributed by atoms with van der Waals surface area (Å²) in [4.78, 5) is 11.9. The predicted molar refractivity (Wildman–Crippen MR) is 69.3 cm³/mol. The molecular formula is C13H18N4O. The van der Waals surface area contributed by atoms with Gasteiger partial charge in [-0.25, -0.2) is 9.97 Å². The van der Waals surface area contributed by atoms with Crippen molar-refractivity contribution in [1.29, 1.82) is 0 Å². The molecule has 2 N–H and O–H groups in total. The van der Waals surface area contributed by atoms with Crippen molar-refractivity contribution in [3.63, 3.8) is 0 Å². The number of ether oxygens (including phenoxy) is 1. The van der Waals surface area contributed by atoms with E-state index in [1.54, 1.807) is 0 Å². The fraction of sp³-hybridized carbons (Fsp3) is 0.538. The van der Waals surface area contributed by atoms with E-state index in [-0.39, 0.29) is 0 Å². The first-order valence-corrected chi connectivity index (χ1v) is 6.45. The van der Waals surface area contributed by atoms with Crippen molar-refractivity contribution in [3.05, 3.63) is 23.7 Å². The molecule has 1 fully saturated rings. The molecular weight excluding hydrogens is 228 g/mol. The van der Waals surface area contributed by atoms with E-state index in [0.29, 0.717) is 6.10 Å². The molecule has 1 aliphatic rings. The molecule has 0 aromatic carbocycles. The molecule has 96 valence electrons. The third-order valence-electron chi connectivity index (χ3n) is 3.31. The second kappa shape index (κ2) is 5.04. The maximum Gasteiger partial charge on any atom is 0.177 e. The third kappa shape index (κ3) is 2.37. The van der Waals surface area contributed by atoms with Crippen LogP contribution in [0, 0.1) is 6.92 Å². The average Bonchev–Trinajstić information content (AvgIpc) is 2.97. The van der Waals surface area contributed by atoms with E-state index in [1.807, 2.05) is 19.2 Å². The SMILES string of the molecule is Cc1nc2nccc(CNCC3CCCO3)c2[nH]1. The zero-order chi connectivity index (χ0) is 12.4. The van der Waals surface area contributed by atoms with E-state index >= 15 is 0 Å². The van der Waals surface area contributed by atoms with Gasteiger partial charge in [0.15, 0.2) is 5.65 Å². The lowest BCUT2D eigenvalue weighted by Gasteiger charge is -2.10. The largest absolute Gasteiger partial charge is 0.377 e. The van der Waals surface area contributed by atoms with Crippen molar-refractivity contribution in [2.75, 3.05) is 13.2 Å². The summed E-state index contributed by atoms with van der Waals surface area (Å²) in [6.45, 7) is 4.59. The summed E-state index contributed by atoms with van der Waals surface area (Å²) >= 11 is 0. The topological polar surface area (TPSA) is 62.8 Å². The van der Waals surface area contributed by atoms with Crippen molar-refractivity contribution >= 4 is 11.2 Å². The Balaban J connectivity index is 1.66. The summed E-state index contributed by atoms with van der Waals surface area (Å²) in [5.41, 5.74) is 3.04. The molecule has 0 radical (unpaired) electrons. The highest BCUT2D eigenvalue weighted by atomic mass is 16.5. The molecule has 2 aromatic rings. The Kier molecular flexibility index (Phi) is 3.25. The van der Waals surface area contributed by atoms with Crippen molar-refractivity contribution in [2.45, 2.75) is 32.4 Å². The van der Waals surface area contributed by atoms with Crippen LogP contribution in [0.3, 0.4) is 0 Å². The zero-order valence-corrected chi connectivity index (χ0v) is 10.6. The van der Waals surface area contributed by atoms with Gasteiger partial charge >= 0.3 is 0 Å². The van der Waals surface area contributed by atoms with Crippen LogP contribution in [-0.2, 0) is 11.3 Å². The Bertz CT molecular complexity index is 531. The fourth-order valence-electron chi connectivity index (χ4n) is 2.40. The summed E-state index contributed by atoms with van der Waals surface area (Å²) in [5.74, 6) is 0.907. The molecule has 0 aliphatic carbocycles. The number of H-pyrrole nitrogens is 1. The van der Waals surface area contributed by atoms with Crippen molar-refractivity contribution in [2.24, 2.45) is 0 Å². The molecule has 5 nitrogen and oxygen atoms in total. The van der Waals surface area contributed by atoms with E-state index in [0.717, 1.165) is 36.7 Å². The van der Waals surface area contributed by atoms with Gasteiger partial charge in [-0.05, 0) is 31.4 Å². The number of aryl methyl sites for hydroxylation is 1. The smallest absolute Gasteiger partial charge is 0.177 e. The van der Waals surface area contributed by atoms with Crippen LogP contribution in [0.4, 0.5) is 0 Å². The number of fused-ring (bicyclic) bond motifs is 1. The number of imidazole rings is 1. The van der Waals surface area contributed by atoms with Crippen molar-refractivity contribution < 1.29 is 4.74 Å². The summed E-state index contributed by atoms with van der Waals surface area (Å²) in [6, 6.07) is 2.03. The van der Waals surface area contributed by atoms with Crippen molar-refractivity contribution in [1.82, 2.24) is 20.3 Å². The number of nitrogens with zero attached hydrogens (tertiary/aromatic N) is 2. The number of hydrogen-bond acceptors (Lipinski definition) is 4. The quantitative estimate of drug-likeness (QED) is 0.859. The highest BCUT2D eigenvalue weighted by Crippen LogP contribution is 2.14. The minimum atomic E-state index is 0.380. The predicted octanol–water partition coefficient (Wildman–Crippen LogP) is 1.53. The minimum absolute atomic E-state index is 0.380. The van der Waals surface area contributed by atoms with Crippen LogP contribution < -0.4 is 5.32 Å². The standard InChI is InChI=1S/C13H18N4O/c1-9-16-12-10(4-5-15-13(12)17-9)7-14-8-11-3-2-6-18-11/h4-5,11,14H,2-3,6-8H2,1H3,(H,15,16,17). The summed E-state index contributed by atoms with van der Waals surface area (Å²) in [7, 11) is 0. The van der Waals surface area contributed by atoms with Crippen molar-refractivity contribution in [3.8, 4) is 0 Å². The Morgan fingerprint density at radius 2 is 2.50 bits per heavy atom. The molecule has 0 spiro atoms. The Morgan fingerprint density at radius 3 is 3.33 bits per heavy atom. The van der Waals surface area contributed by atoms with Crippen LogP contribution in [0.5, 0.6) is 0 Å². The first-order chi connectivity index (χ1) is 8.83. The van der Waals surface area contributed by atoms with Crippen LogP contribution in [0.15, 0.2) is 12.3 Å². The van der Waals surface area contributed by atoms with Gasteiger partial charge in [-0.2, -0.15) is 0 Å². The fourth-order valence-corrected chi connectivity index (χ4v) is 2.40. The normalized spacial score (nSPS) is 19.7. The molecule has 0 amide bonds. The Hall–Kier alpha value is -1.46. The number of nitrogens with one attached hydrogen (secondary N) is 2. The van der Waals surface area contributed by atoms with Gasteiger partial charge in [0.1, 0.15) is 5.82 Å². The molecule has 2 aromatic heterocycles. The molecule has 0 saturated carbocycles. The Labute approximate surface area is 106 Å². The van der Waals surface area contributed by atoms with Crippen LogP contribution in [-0.4, -0.2) is 34.2 Å². The highest BCUT2D eigenvalue weighted by Gasteiger charge is 2.14. The average molecular weight is 246 g/mol. The highest BCUT2D eigenvalue weighted by molar-refractivity contribution is 5.74. The van der Waals surface area contributed by atoms with Gasteiger partial charge < -0.3 is 15.0 Å². The number of pyridine rings is 1. The molecule has 1 aliphatic heterocycles. The van der Waals surface area contributed by atoms with Gasteiger partial charge in [-0.1, -0.05) is 0 Å². The van der Waals surface area contributed by atoms with E-state index < -0.39 is 0 Å². The van der Waals surface area contributed by atoms with Gasteiger partial charge in [0.25, 0.3) is 0 Å². The lowest BCUT2D eigenvalue weighted by atomic mass is 10.2. The lowest BCUT2D eigenvalue weighted by molar-refractivity contribution is 0.110. The van der Waals surface area contributed by atoms with E-state index in [2.05, 4.69) is 20.3 Å². The number of aromatic amines is 1. The molecule has 3 rings (SSSR count). The third-order valence-corrected chi connectivity index (χ3v) is 3.31. The molecule has 3 heterocycles. The first kappa shape index (κ1) is 11.6. The second-order valence-corrected chi connectivity index (χ2v) is 4.76. The van der Waals surface area contributed by atoms with E-state index in [1.165, 1.54) is 18.4 Å². The molecule has 18 heavy (non-hydrogen) atoms. The molecule has 1 unspecified atom stereocenters. The molecule has 1 saturated heterocycles. The van der Waals surface area contributed by atoms with Crippen LogP contribution in [0.25, 0.3) is 11.2 Å². The minimum Gasteiger partial charge on any atom is -0.377 e. The monoisotopic (exact) mass is 246 g/mol. The van der Waals surface area contributed by atoms with Gasteiger partial charge in [0, 0.05) is 25.9 Å². The molecule has 5 heteroatoms. The van der Waals surface area contributed by atoms with E-state index in [4.69, 9.17) is 4.74 Å². The first-order valence-electron chi connectivity index (χ1n) is 6.45. The summed E-state index contributed by atoms with van der Waals surface area (Å²) in [5, 5.41) is 3.44. The van der Waals surface area contributed by atoms with Gasteiger partial charge in [-0.3, -0.25) is 0 Å². The van der Waals surface area contributed by atoms with E-state index in [9.17, 15) is 0 Å². The number of aromatic nitrogens is 3. The molecule has 1 atom stereocenters. The maximum absolute atomic E-state index is 5.59. The second-order valence-electron chi connectivity index (χ2n) is 4.76. The lowest BCUT2D eigenvalue weighted by Crippen LogP contribution is -2.25. The maximum atomic E-state index is 5.59.